The first-order valence-electron chi connectivity index (χ1n) is 6.31. The number of nitrogens with zero attached hydrogens (tertiary/aromatic N) is 3. The molecule has 0 aliphatic rings. The largest absolute Gasteiger partial charge is 0.304 e. The Morgan fingerprint density at radius 1 is 1.15 bits per heavy atom. The van der Waals surface area contributed by atoms with Gasteiger partial charge in [0.1, 0.15) is 0 Å². The summed E-state index contributed by atoms with van der Waals surface area (Å²) in [5.41, 5.74) is 4.76. The van der Waals surface area contributed by atoms with E-state index in [0.717, 1.165) is 28.1 Å². The lowest BCUT2D eigenvalue weighted by atomic mass is 10.0. The van der Waals surface area contributed by atoms with Crippen molar-refractivity contribution >= 4 is 18.1 Å². The van der Waals surface area contributed by atoms with Crippen LogP contribution < -0.4 is 0 Å². The minimum Gasteiger partial charge on any atom is -0.304 e. The van der Waals surface area contributed by atoms with E-state index >= 15 is 0 Å². The van der Waals surface area contributed by atoms with Gasteiger partial charge in [0.25, 0.3) is 0 Å². The van der Waals surface area contributed by atoms with Crippen LogP contribution in [-0.2, 0) is 0 Å². The Morgan fingerprint density at radius 2 is 1.95 bits per heavy atom. The molecule has 2 heterocycles. The molecule has 0 aliphatic carbocycles. The molecular weight excluding hydrogens is 253 g/mol. The van der Waals surface area contributed by atoms with Gasteiger partial charge in [-0.15, -0.1) is 0 Å². The van der Waals surface area contributed by atoms with Crippen molar-refractivity contribution < 1.29 is 4.39 Å². The number of halogens is 1. The summed E-state index contributed by atoms with van der Waals surface area (Å²) in [6, 6.07) is 7.30. The average Bonchev–Trinajstić information content (AvgIpc) is 2.79. The van der Waals surface area contributed by atoms with Crippen molar-refractivity contribution in [1.29, 1.82) is 0 Å². The number of imidazole rings is 1. The molecule has 0 aliphatic heterocycles. The average molecular weight is 267 g/mol. The van der Waals surface area contributed by atoms with Crippen molar-refractivity contribution in [3.05, 3.63) is 53.7 Å². The Hall–Kier alpha value is -2.49. The number of pyridine rings is 1. The molecule has 0 spiro atoms. The predicted molar refractivity (Wildman–Crippen MR) is 79.3 cm³/mol. The van der Waals surface area contributed by atoms with E-state index < -0.39 is 0 Å². The second-order valence-electron chi connectivity index (χ2n) is 4.85. The minimum absolute atomic E-state index is 0.320. The van der Waals surface area contributed by atoms with Gasteiger partial charge in [0.2, 0.25) is 0 Å². The van der Waals surface area contributed by atoms with Gasteiger partial charge in [0.05, 0.1) is 11.4 Å². The summed E-state index contributed by atoms with van der Waals surface area (Å²) in [7, 11) is 0. The van der Waals surface area contributed by atoms with Gasteiger partial charge >= 0.3 is 0 Å². The zero-order valence-corrected chi connectivity index (χ0v) is 11.4. The van der Waals surface area contributed by atoms with Crippen molar-refractivity contribution in [1.82, 2.24) is 9.38 Å². The van der Waals surface area contributed by atoms with Crippen LogP contribution >= 0.6 is 0 Å². The second kappa shape index (κ2) is 4.56. The maximum atomic E-state index is 14.1. The molecule has 20 heavy (non-hydrogen) atoms. The Labute approximate surface area is 116 Å². The van der Waals surface area contributed by atoms with E-state index in [9.17, 15) is 4.39 Å². The molecule has 0 atom stereocenters. The van der Waals surface area contributed by atoms with E-state index in [4.69, 9.17) is 0 Å². The quantitative estimate of drug-likeness (QED) is 0.643. The van der Waals surface area contributed by atoms with Crippen LogP contribution in [0, 0.1) is 19.7 Å². The molecule has 0 unspecified atom stereocenters. The van der Waals surface area contributed by atoms with Gasteiger partial charge in [-0.25, -0.2) is 9.37 Å². The van der Waals surface area contributed by atoms with E-state index in [1.807, 2.05) is 44.4 Å². The fourth-order valence-electron chi connectivity index (χ4n) is 2.35. The van der Waals surface area contributed by atoms with Crippen molar-refractivity contribution in [3.8, 4) is 11.1 Å². The smallest absolute Gasteiger partial charge is 0.173 e. The van der Waals surface area contributed by atoms with Gasteiger partial charge in [-0.3, -0.25) is 4.99 Å². The first-order valence-corrected chi connectivity index (χ1v) is 6.31. The number of aryl methyl sites for hydroxylation is 2. The van der Waals surface area contributed by atoms with Crippen LogP contribution in [0.25, 0.3) is 16.8 Å². The Bertz CT molecular complexity index is 818. The normalized spacial score (nSPS) is 10.9. The molecule has 3 aromatic rings. The predicted octanol–water partition coefficient (Wildman–Crippen LogP) is 4.09. The number of aliphatic imine (C=N–C) groups is 1. The highest BCUT2D eigenvalue weighted by molar-refractivity contribution is 5.69. The van der Waals surface area contributed by atoms with Crippen molar-refractivity contribution in [2.45, 2.75) is 13.8 Å². The van der Waals surface area contributed by atoms with Gasteiger partial charge in [-0.1, -0.05) is 6.07 Å². The monoisotopic (exact) mass is 267 g/mol. The summed E-state index contributed by atoms with van der Waals surface area (Å²) < 4.78 is 15.8. The molecule has 3 rings (SSSR count). The molecule has 0 amide bonds. The molecule has 1 aromatic carbocycles. The van der Waals surface area contributed by atoms with Crippen LogP contribution in [0.4, 0.5) is 10.1 Å². The van der Waals surface area contributed by atoms with Crippen LogP contribution in [0.1, 0.15) is 11.3 Å². The molecule has 0 saturated heterocycles. The third kappa shape index (κ3) is 1.99. The number of benzene rings is 1. The summed E-state index contributed by atoms with van der Waals surface area (Å²) in [5.74, 6) is -0.320. The fraction of sp³-hybridized carbons (Fsp3) is 0.125. The van der Waals surface area contributed by atoms with Gasteiger partial charge in [0, 0.05) is 18.0 Å². The Kier molecular flexibility index (Phi) is 2.86. The lowest BCUT2D eigenvalue weighted by Gasteiger charge is -2.07. The highest BCUT2D eigenvalue weighted by Gasteiger charge is 2.09. The van der Waals surface area contributed by atoms with Crippen LogP contribution in [0.3, 0.4) is 0 Å². The first-order chi connectivity index (χ1) is 9.58. The highest BCUT2D eigenvalue weighted by Crippen LogP contribution is 2.27. The van der Waals surface area contributed by atoms with Crippen molar-refractivity contribution in [2.24, 2.45) is 4.99 Å². The molecule has 0 N–H and O–H groups in total. The van der Waals surface area contributed by atoms with Crippen molar-refractivity contribution in [2.75, 3.05) is 0 Å². The minimum atomic E-state index is -0.320. The van der Waals surface area contributed by atoms with Gasteiger partial charge < -0.3 is 4.40 Å². The zero-order valence-electron chi connectivity index (χ0n) is 11.4. The van der Waals surface area contributed by atoms with Gasteiger partial charge in [-0.2, -0.15) is 0 Å². The molecule has 0 saturated carbocycles. The first kappa shape index (κ1) is 12.5. The third-order valence-corrected chi connectivity index (χ3v) is 3.33. The summed E-state index contributed by atoms with van der Waals surface area (Å²) in [6.07, 6.45) is 3.70. The van der Waals surface area contributed by atoms with E-state index in [-0.39, 0.29) is 5.82 Å². The topological polar surface area (TPSA) is 29.7 Å². The summed E-state index contributed by atoms with van der Waals surface area (Å²) in [5, 5.41) is 0. The lowest BCUT2D eigenvalue weighted by molar-refractivity contribution is 0.630. The zero-order chi connectivity index (χ0) is 14.3. The fourth-order valence-corrected chi connectivity index (χ4v) is 2.35. The molecular formula is C16H14FN3. The Morgan fingerprint density at radius 3 is 2.65 bits per heavy atom. The summed E-state index contributed by atoms with van der Waals surface area (Å²) in [4.78, 5) is 8.09. The van der Waals surface area contributed by atoms with Crippen LogP contribution in [0.2, 0.25) is 0 Å². The summed E-state index contributed by atoms with van der Waals surface area (Å²) in [6.45, 7) is 7.34. The molecule has 0 radical (unpaired) electrons. The lowest BCUT2D eigenvalue weighted by Crippen LogP contribution is -1.91. The van der Waals surface area contributed by atoms with Crippen LogP contribution in [-0.4, -0.2) is 16.1 Å². The molecule has 2 aromatic heterocycles. The standard InChI is InChI=1S/C16H14FN3/c1-10-6-12(4-5-15(10)18-3)13-7-14(17)16-19-11(2)8-20(16)9-13/h4-9H,3H2,1-2H3. The number of rotatable bonds is 2. The molecule has 0 fully saturated rings. The van der Waals surface area contributed by atoms with Crippen LogP contribution in [0.5, 0.6) is 0 Å². The molecule has 100 valence electrons. The van der Waals surface area contributed by atoms with E-state index in [1.54, 1.807) is 4.40 Å². The van der Waals surface area contributed by atoms with Gasteiger partial charge in [-0.05, 0) is 49.9 Å². The summed E-state index contributed by atoms with van der Waals surface area (Å²) >= 11 is 0. The van der Waals surface area contributed by atoms with E-state index in [2.05, 4.69) is 16.7 Å². The molecule has 3 nitrogen and oxygen atoms in total. The second-order valence-corrected chi connectivity index (χ2v) is 4.85. The number of hydrogen-bond acceptors (Lipinski definition) is 2. The third-order valence-electron chi connectivity index (χ3n) is 3.33. The highest BCUT2D eigenvalue weighted by atomic mass is 19.1. The van der Waals surface area contributed by atoms with Crippen molar-refractivity contribution in [3.63, 3.8) is 0 Å². The number of hydrogen-bond donors (Lipinski definition) is 0. The van der Waals surface area contributed by atoms with E-state index in [0.29, 0.717) is 5.65 Å². The number of aromatic nitrogens is 2. The maximum absolute atomic E-state index is 14.1. The van der Waals surface area contributed by atoms with Gasteiger partial charge in [0.15, 0.2) is 11.5 Å². The Balaban J connectivity index is 2.18. The number of fused-ring (bicyclic) bond motifs is 1. The molecule has 0 bridgehead atoms. The maximum Gasteiger partial charge on any atom is 0.173 e. The molecule has 4 heteroatoms. The SMILES string of the molecule is C=Nc1ccc(-c2cc(F)c3nc(C)cn3c2)cc1C. The van der Waals surface area contributed by atoms with E-state index in [1.165, 1.54) is 6.07 Å². The van der Waals surface area contributed by atoms with Crippen LogP contribution in [0.15, 0.2) is 41.7 Å².